The summed E-state index contributed by atoms with van der Waals surface area (Å²) in [6, 6.07) is 7.20. The molecule has 0 radical (unpaired) electrons. The van der Waals surface area contributed by atoms with Crippen LogP contribution in [0.4, 0.5) is 19.3 Å². The second-order valence-corrected chi connectivity index (χ2v) is 8.07. The van der Waals surface area contributed by atoms with Crippen molar-refractivity contribution in [1.29, 1.82) is 0 Å². The van der Waals surface area contributed by atoms with E-state index in [1.165, 1.54) is 6.07 Å². The number of nitrogens with one attached hydrogen (secondary N) is 1. The van der Waals surface area contributed by atoms with Crippen molar-refractivity contribution in [2.75, 3.05) is 50.7 Å². The number of furan rings is 1. The molecule has 1 aromatic heterocycles. The molecule has 9 heteroatoms. The van der Waals surface area contributed by atoms with E-state index < -0.39 is 11.6 Å². The molecule has 1 unspecified atom stereocenters. The predicted molar refractivity (Wildman–Crippen MR) is 111 cm³/mol. The van der Waals surface area contributed by atoms with Gasteiger partial charge in [-0.3, -0.25) is 4.79 Å². The maximum absolute atomic E-state index is 13.5. The third-order valence-electron chi connectivity index (χ3n) is 5.90. The van der Waals surface area contributed by atoms with Crippen LogP contribution in [0, 0.1) is 24.5 Å². The Morgan fingerprint density at radius 1 is 1.03 bits per heavy atom. The Labute approximate surface area is 179 Å². The zero-order chi connectivity index (χ0) is 22.0. The molecule has 4 rings (SSSR count). The van der Waals surface area contributed by atoms with E-state index in [0.717, 1.165) is 19.0 Å². The molecule has 2 aliphatic heterocycles. The zero-order valence-corrected chi connectivity index (χ0v) is 17.4. The molecule has 7 nitrogen and oxygen atoms in total. The van der Waals surface area contributed by atoms with E-state index >= 15 is 0 Å². The van der Waals surface area contributed by atoms with Crippen molar-refractivity contribution in [3.05, 3.63) is 53.5 Å². The topological polar surface area (TPSA) is 69.0 Å². The van der Waals surface area contributed by atoms with Crippen molar-refractivity contribution in [3.8, 4) is 0 Å². The second-order valence-electron chi connectivity index (χ2n) is 8.07. The Morgan fingerprint density at radius 3 is 2.45 bits per heavy atom. The Kier molecular flexibility index (Phi) is 6.11. The number of anilines is 1. The van der Waals surface area contributed by atoms with E-state index in [-0.39, 0.29) is 17.9 Å². The van der Waals surface area contributed by atoms with E-state index in [9.17, 15) is 18.4 Å². The molecule has 0 bridgehead atoms. The average Bonchev–Trinajstić information content (AvgIpc) is 3.43. The first-order chi connectivity index (χ1) is 14.9. The van der Waals surface area contributed by atoms with Gasteiger partial charge in [-0.15, -0.1) is 0 Å². The minimum absolute atomic E-state index is 0.146. The summed E-state index contributed by atoms with van der Waals surface area (Å²) in [4.78, 5) is 30.4. The summed E-state index contributed by atoms with van der Waals surface area (Å²) in [5.74, 6) is -0.612. The quantitative estimate of drug-likeness (QED) is 0.807. The number of amides is 3. The molecule has 0 aliphatic carbocycles. The number of benzene rings is 1. The standard InChI is InChI=1S/C22H26F2N4O3/c1-15-2-5-20(31-15)21(29)26-8-10-27(11-9-26)22(30)25-13-16-6-7-28(14-16)17-3-4-18(23)19(24)12-17/h2-5,12,16H,6-11,13-14H2,1H3,(H,25,30). The molecule has 1 N–H and O–H groups in total. The lowest BCUT2D eigenvalue weighted by Crippen LogP contribution is -2.53. The highest BCUT2D eigenvalue weighted by atomic mass is 19.2. The lowest BCUT2D eigenvalue weighted by atomic mass is 10.1. The van der Waals surface area contributed by atoms with Gasteiger partial charge in [0.25, 0.3) is 5.91 Å². The first-order valence-electron chi connectivity index (χ1n) is 10.5. The molecule has 0 spiro atoms. The lowest BCUT2D eigenvalue weighted by Gasteiger charge is -2.34. The second kappa shape index (κ2) is 8.95. The number of nitrogens with zero attached hydrogens (tertiary/aromatic N) is 3. The Morgan fingerprint density at radius 2 is 1.77 bits per heavy atom. The summed E-state index contributed by atoms with van der Waals surface area (Å²) in [7, 11) is 0. The number of carbonyl (C=O) groups excluding carboxylic acids is 2. The highest BCUT2D eigenvalue weighted by molar-refractivity contribution is 5.91. The summed E-state index contributed by atoms with van der Waals surface area (Å²) in [6.45, 7) is 5.56. The van der Waals surface area contributed by atoms with Crippen molar-refractivity contribution < 1.29 is 22.8 Å². The highest BCUT2D eigenvalue weighted by Crippen LogP contribution is 2.25. The third-order valence-corrected chi connectivity index (χ3v) is 5.90. The average molecular weight is 432 g/mol. The van der Waals surface area contributed by atoms with Crippen molar-refractivity contribution in [2.45, 2.75) is 13.3 Å². The van der Waals surface area contributed by atoms with Gasteiger partial charge in [-0.1, -0.05) is 0 Å². The number of aryl methyl sites for hydroxylation is 1. The molecule has 166 valence electrons. The van der Waals surface area contributed by atoms with Crippen LogP contribution in [0.3, 0.4) is 0 Å². The molecule has 1 aromatic carbocycles. The van der Waals surface area contributed by atoms with Gasteiger partial charge in [-0.05, 0) is 43.5 Å². The molecule has 2 aliphatic rings. The van der Waals surface area contributed by atoms with Crippen LogP contribution in [0.15, 0.2) is 34.7 Å². The van der Waals surface area contributed by atoms with Gasteiger partial charge in [0, 0.05) is 57.6 Å². The molecular formula is C22H26F2N4O3. The molecule has 2 fully saturated rings. The molecule has 3 heterocycles. The van der Waals surface area contributed by atoms with Gasteiger partial charge >= 0.3 is 6.03 Å². The predicted octanol–water partition coefficient (Wildman–Crippen LogP) is 2.86. The van der Waals surface area contributed by atoms with Crippen molar-refractivity contribution >= 4 is 17.6 Å². The van der Waals surface area contributed by atoms with E-state index in [0.29, 0.717) is 56.5 Å². The largest absolute Gasteiger partial charge is 0.456 e. The molecule has 2 saturated heterocycles. The first-order valence-corrected chi connectivity index (χ1v) is 10.5. The number of piperazine rings is 1. The molecule has 31 heavy (non-hydrogen) atoms. The van der Waals surface area contributed by atoms with Crippen LogP contribution in [0.25, 0.3) is 0 Å². The van der Waals surface area contributed by atoms with Gasteiger partial charge in [-0.2, -0.15) is 0 Å². The zero-order valence-electron chi connectivity index (χ0n) is 17.4. The number of rotatable bonds is 4. The maximum Gasteiger partial charge on any atom is 0.317 e. The highest BCUT2D eigenvalue weighted by Gasteiger charge is 2.28. The molecular weight excluding hydrogens is 406 g/mol. The van der Waals surface area contributed by atoms with Gasteiger partial charge in [0.1, 0.15) is 5.76 Å². The van der Waals surface area contributed by atoms with Crippen LogP contribution in [0.2, 0.25) is 0 Å². The normalized spacial score (nSPS) is 19.1. The summed E-state index contributed by atoms with van der Waals surface area (Å²) >= 11 is 0. The molecule has 1 atom stereocenters. The SMILES string of the molecule is Cc1ccc(C(=O)N2CCN(C(=O)NCC3CCN(c4ccc(F)c(F)c4)C3)CC2)o1. The van der Waals surface area contributed by atoms with E-state index in [1.807, 2.05) is 4.90 Å². The van der Waals surface area contributed by atoms with Crippen molar-refractivity contribution in [3.63, 3.8) is 0 Å². The number of halogens is 2. The Balaban J connectivity index is 1.21. The summed E-state index contributed by atoms with van der Waals surface area (Å²) in [5, 5.41) is 2.97. The molecule has 3 amide bonds. The monoisotopic (exact) mass is 432 g/mol. The maximum atomic E-state index is 13.5. The number of hydrogen-bond acceptors (Lipinski definition) is 4. The van der Waals surface area contributed by atoms with Crippen molar-refractivity contribution in [2.24, 2.45) is 5.92 Å². The van der Waals surface area contributed by atoms with Crippen molar-refractivity contribution in [1.82, 2.24) is 15.1 Å². The number of carbonyl (C=O) groups is 2. The van der Waals surface area contributed by atoms with Gasteiger partial charge in [0.05, 0.1) is 0 Å². The van der Waals surface area contributed by atoms with Gasteiger partial charge < -0.3 is 24.4 Å². The van der Waals surface area contributed by atoms with Crippen LogP contribution in [-0.4, -0.2) is 67.6 Å². The third kappa shape index (κ3) is 4.81. The van der Waals surface area contributed by atoms with E-state index in [1.54, 1.807) is 34.9 Å². The van der Waals surface area contributed by atoms with Crippen LogP contribution >= 0.6 is 0 Å². The van der Waals surface area contributed by atoms with Crippen LogP contribution < -0.4 is 10.2 Å². The number of hydrogen-bond donors (Lipinski definition) is 1. The summed E-state index contributed by atoms with van der Waals surface area (Å²) in [6.07, 6.45) is 0.865. The smallest absolute Gasteiger partial charge is 0.317 e. The minimum atomic E-state index is -0.854. The summed E-state index contributed by atoms with van der Waals surface area (Å²) < 4.78 is 32.0. The first kappa shape index (κ1) is 21.1. The van der Waals surface area contributed by atoms with Crippen LogP contribution in [0.1, 0.15) is 22.7 Å². The Bertz CT molecular complexity index is 956. The molecule has 2 aromatic rings. The molecule has 0 saturated carbocycles. The Hall–Kier alpha value is -3.10. The fourth-order valence-electron chi connectivity index (χ4n) is 4.08. The van der Waals surface area contributed by atoms with Gasteiger partial charge in [0.15, 0.2) is 17.4 Å². The fourth-order valence-corrected chi connectivity index (χ4v) is 4.08. The minimum Gasteiger partial charge on any atom is -0.456 e. The lowest BCUT2D eigenvalue weighted by molar-refractivity contribution is 0.0632. The van der Waals surface area contributed by atoms with Crippen LogP contribution in [0.5, 0.6) is 0 Å². The van der Waals surface area contributed by atoms with Crippen LogP contribution in [-0.2, 0) is 0 Å². The summed E-state index contributed by atoms with van der Waals surface area (Å²) in [5.41, 5.74) is 0.653. The van der Waals surface area contributed by atoms with Gasteiger partial charge in [0.2, 0.25) is 0 Å². The van der Waals surface area contributed by atoms with E-state index in [2.05, 4.69) is 5.32 Å². The number of urea groups is 1. The fraction of sp³-hybridized carbons (Fsp3) is 0.455. The van der Waals surface area contributed by atoms with E-state index in [4.69, 9.17) is 4.42 Å². The van der Waals surface area contributed by atoms with Gasteiger partial charge in [-0.25, -0.2) is 13.6 Å².